The van der Waals surface area contributed by atoms with Crippen LogP contribution in [0.15, 0.2) is 24.4 Å². The fourth-order valence-corrected chi connectivity index (χ4v) is 1.31. The summed E-state index contributed by atoms with van der Waals surface area (Å²) >= 11 is 0. The Morgan fingerprint density at radius 3 is 2.62 bits per heavy atom. The molecule has 0 bridgehead atoms. The number of nitrogens with zero attached hydrogens (tertiary/aromatic N) is 3. The zero-order valence-electron chi connectivity index (χ0n) is 8.36. The van der Waals surface area contributed by atoms with E-state index in [-0.39, 0.29) is 0 Å². The number of rotatable bonds is 2. The Bertz CT molecular complexity index is 508. The molecule has 84 valence electrons. The smallest absolute Gasteiger partial charge is 0.220 e. The molecule has 1 aromatic heterocycles. The number of hydrogen-bond acceptors (Lipinski definition) is 2. The summed E-state index contributed by atoms with van der Waals surface area (Å²) in [6.45, 7) is 1.72. The Hall–Kier alpha value is -1.85. The maximum atomic E-state index is 13.0. The van der Waals surface area contributed by atoms with Crippen molar-refractivity contribution < 1.29 is 13.2 Å². The van der Waals surface area contributed by atoms with Crippen molar-refractivity contribution in [1.29, 1.82) is 0 Å². The van der Waals surface area contributed by atoms with E-state index in [4.69, 9.17) is 0 Å². The van der Waals surface area contributed by atoms with Crippen LogP contribution in [0.3, 0.4) is 0 Å². The van der Waals surface area contributed by atoms with Crippen molar-refractivity contribution in [1.82, 2.24) is 15.0 Å². The van der Waals surface area contributed by atoms with Gasteiger partial charge in [0.2, 0.25) is 0 Å². The number of halogens is 3. The molecule has 16 heavy (non-hydrogen) atoms. The summed E-state index contributed by atoms with van der Waals surface area (Å²) in [5.74, 6) is -0.921. The average molecular weight is 227 g/mol. The highest BCUT2D eigenvalue weighted by molar-refractivity contribution is 5.36. The van der Waals surface area contributed by atoms with Crippen LogP contribution in [0.1, 0.15) is 17.7 Å². The zero-order valence-corrected chi connectivity index (χ0v) is 8.36. The van der Waals surface area contributed by atoms with Crippen molar-refractivity contribution in [3.63, 3.8) is 0 Å². The van der Waals surface area contributed by atoms with E-state index in [0.717, 1.165) is 12.1 Å². The molecule has 6 heteroatoms. The second-order valence-corrected chi connectivity index (χ2v) is 3.31. The summed E-state index contributed by atoms with van der Waals surface area (Å²) in [5.41, 5.74) is 0.380. The summed E-state index contributed by atoms with van der Waals surface area (Å²) in [6, 6.07) is 3.43. The topological polar surface area (TPSA) is 30.7 Å². The van der Waals surface area contributed by atoms with Crippen LogP contribution in [-0.4, -0.2) is 15.0 Å². The van der Waals surface area contributed by atoms with E-state index in [1.165, 1.54) is 10.7 Å². The van der Waals surface area contributed by atoms with Crippen molar-refractivity contribution in [2.24, 2.45) is 0 Å². The lowest BCUT2D eigenvalue weighted by molar-refractivity contribution is 0.146. The predicted octanol–water partition coefficient (Wildman–Crippen LogP) is 2.65. The molecule has 1 aromatic carbocycles. The molecular weight excluding hydrogens is 219 g/mol. The van der Waals surface area contributed by atoms with Gasteiger partial charge in [0.25, 0.3) is 6.43 Å². The minimum absolute atomic E-state index is 0.359. The lowest BCUT2D eigenvalue weighted by Crippen LogP contribution is -1.98. The SMILES string of the molecule is Cc1cn(-c2ccc(F)c(C(F)F)c2)nn1. The summed E-state index contributed by atoms with van der Waals surface area (Å²) in [5, 5.41) is 7.44. The summed E-state index contributed by atoms with van der Waals surface area (Å²) in [6.07, 6.45) is -1.27. The van der Waals surface area contributed by atoms with Gasteiger partial charge in [-0.05, 0) is 25.1 Å². The van der Waals surface area contributed by atoms with E-state index in [9.17, 15) is 13.2 Å². The predicted molar refractivity (Wildman–Crippen MR) is 51.0 cm³/mol. The van der Waals surface area contributed by atoms with Crippen LogP contribution in [0.2, 0.25) is 0 Å². The largest absolute Gasteiger partial charge is 0.266 e. The lowest BCUT2D eigenvalue weighted by Gasteiger charge is -2.05. The van der Waals surface area contributed by atoms with Crippen LogP contribution in [0.4, 0.5) is 13.2 Å². The molecule has 0 aliphatic heterocycles. The van der Waals surface area contributed by atoms with Crippen LogP contribution in [0, 0.1) is 12.7 Å². The van der Waals surface area contributed by atoms with Gasteiger partial charge < -0.3 is 0 Å². The quantitative estimate of drug-likeness (QED) is 0.789. The summed E-state index contributed by atoms with van der Waals surface area (Å²) in [4.78, 5) is 0. The van der Waals surface area contributed by atoms with Gasteiger partial charge in [0, 0.05) is 0 Å². The molecular formula is C10H8F3N3. The molecule has 2 rings (SSSR count). The molecule has 0 radical (unpaired) electrons. The third-order valence-corrected chi connectivity index (χ3v) is 2.09. The molecule has 0 saturated heterocycles. The molecule has 0 amide bonds. The van der Waals surface area contributed by atoms with E-state index in [2.05, 4.69) is 10.3 Å². The van der Waals surface area contributed by atoms with Gasteiger partial charge in [-0.1, -0.05) is 5.21 Å². The van der Waals surface area contributed by atoms with Gasteiger partial charge in [-0.2, -0.15) is 0 Å². The first-order chi connectivity index (χ1) is 7.58. The Balaban J connectivity index is 2.47. The highest BCUT2D eigenvalue weighted by Crippen LogP contribution is 2.24. The van der Waals surface area contributed by atoms with Crippen molar-refractivity contribution in [3.05, 3.63) is 41.5 Å². The molecule has 0 unspecified atom stereocenters. The van der Waals surface area contributed by atoms with Crippen LogP contribution >= 0.6 is 0 Å². The Labute approximate surface area is 89.5 Å². The van der Waals surface area contributed by atoms with Gasteiger partial charge in [0.15, 0.2) is 0 Å². The lowest BCUT2D eigenvalue weighted by atomic mass is 10.2. The van der Waals surface area contributed by atoms with Gasteiger partial charge >= 0.3 is 0 Å². The zero-order chi connectivity index (χ0) is 11.7. The maximum absolute atomic E-state index is 13.0. The van der Waals surface area contributed by atoms with Crippen molar-refractivity contribution in [3.8, 4) is 5.69 Å². The fraction of sp³-hybridized carbons (Fsp3) is 0.200. The Morgan fingerprint density at radius 2 is 2.06 bits per heavy atom. The highest BCUT2D eigenvalue weighted by Gasteiger charge is 2.14. The molecule has 0 atom stereocenters. The first-order valence-electron chi connectivity index (χ1n) is 4.55. The fourth-order valence-electron chi connectivity index (χ4n) is 1.31. The second kappa shape index (κ2) is 3.96. The van der Waals surface area contributed by atoms with Gasteiger partial charge in [-0.25, -0.2) is 17.9 Å². The van der Waals surface area contributed by atoms with E-state index >= 15 is 0 Å². The van der Waals surface area contributed by atoms with Crippen LogP contribution in [-0.2, 0) is 0 Å². The molecule has 0 spiro atoms. The third-order valence-electron chi connectivity index (χ3n) is 2.09. The van der Waals surface area contributed by atoms with Crippen LogP contribution in [0.5, 0.6) is 0 Å². The van der Waals surface area contributed by atoms with E-state index in [1.807, 2.05) is 0 Å². The maximum Gasteiger partial charge on any atom is 0.266 e. The van der Waals surface area contributed by atoms with E-state index < -0.39 is 17.8 Å². The molecule has 3 nitrogen and oxygen atoms in total. The molecule has 0 aliphatic carbocycles. The van der Waals surface area contributed by atoms with E-state index in [0.29, 0.717) is 11.4 Å². The second-order valence-electron chi connectivity index (χ2n) is 3.31. The van der Waals surface area contributed by atoms with Crippen LogP contribution < -0.4 is 0 Å². The molecule has 0 N–H and O–H groups in total. The van der Waals surface area contributed by atoms with Crippen molar-refractivity contribution >= 4 is 0 Å². The first-order valence-corrected chi connectivity index (χ1v) is 4.55. The van der Waals surface area contributed by atoms with E-state index in [1.54, 1.807) is 13.1 Å². The van der Waals surface area contributed by atoms with Crippen LogP contribution in [0.25, 0.3) is 5.69 Å². The molecule has 1 heterocycles. The molecule has 2 aromatic rings. The Morgan fingerprint density at radius 1 is 1.31 bits per heavy atom. The molecule has 0 saturated carbocycles. The normalized spacial score (nSPS) is 11.1. The summed E-state index contributed by atoms with van der Waals surface area (Å²) in [7, 11) is 0. The third kappa shape index (κ3) is 1.91. The number of alkyl halides is 2. The first kappa shape index (κ1) is 10.7. The minimum Gasteiger partial charge on any atom is -0.220 e. The highest BCUT2D eigenvalue weighted by atomic mass is 19.3. The number of aryl methyl sites for hydroxylation is 1. The minimum atomic E-state index is -2.84. The molecule has 0 aliphatic rings. The van der Waals surface area contributed by atoms with Crippen molar-refractivity contribution in [2.75, 3.05) is 0 Å². The Kier molecular flexibility index (Phi) is 2.64. The summed E-state index contributed by atoms with van der Waals surface area (Å²) < 4.78 is 39.2. The molecule has 0 fully saturated rings. The number of aromatic nitrogens is 3. The standard InChI is InChI=1S/C10H8F3N3/c1-6-5-16(15-14-6)7-2-3-9(11)8(4-7)10(12)13/h2-5,10H,1H3. The monoisotopic (exact) mass is 227 g/mol. The average Bonchev–Trinajstić information content (AvgIpc) is 2.65. The van der Waals surface area contributed by atoms with Gasteiger partial charge in [-0.15, -0.1) is 5.10 Å². The van der Waals surface area contributed by atoms with Gasteiger partial charge in [-0.3, -0.25) is 0 Å². The van der Waals surface area contributed by atoms with Gasteiger partial charge in [0.05, 0.1) is 23.1 Å². The van der Waals surface area contributed by atoms with Gasteiger partial charge in [0.1, 0.15) is 5.82 Å². The van der Waals surface area contributed by atoms with Crippen molar-refractivity contribution in [2.45, 2.75) is 13.3 Å². The number of hydrogen-bond donors (Lipinski definition) is 0. The number of benzene rings is 1.